The van der Waals surface area contributed by atoms with Crippen molar-refractivity contribution in [2.45, 2.75) is 38.4 Å². The largest absolute Gasteiger partial charge is 0.444 e. The molecule has 1 aliphatic heterocycles. The number of hydrogen-bond acceptors (Lipinski definition) is 3. The van der Waals surface area contributed by atoms with Crippen molar-refractivity contribution in [1.82, 2.24) is 10.2 Å². The van der Waals surface area contributed by atoms with Gasteiger partial charge in [0.1, 0.15) is 5.58 Å². The maximum Gasteiger partial charge on any atom is 0.199 e. The van der Waals surface area contributed by atoms with Gasteiger partial charge in [0, 0.05) is 29.6 Å². The van der Waals surface area contributed by atoms with Crippen LogP contribution in [0, 0.1) is 0 Å². The zero-order valence-corrected chi connectivity index (χ0v) is 12.8. The molecule has 0 spiro atoms. The summed E-state index contributed by atoms with van der Waals surface area (Å²) in [6.07, 6.45) is 2.37. The Morgan fingerprint density at radius 1 is 1.40 bits per heavy atom. The Labute approximate surface area is 124 Å². The molecule has 3 nitrogen and oxygen atoms in total. The maximum atomic E-state index is 6.22. The fourth-order valence-electron chi connectivity index (χ4n) is 2.95. The Hall–Kier alpha value is -1.03. The average molecular weight is 293 g/mol. The highest BCUT2D eigenvalue weighted by Gasteiger charge is 2.23. The van der Waals surface area contributed by atoms with Gasteiger partial charge < -0.3 is 14.6 Å². The van der Waals surface area contributed by atoms with Gasteiger partial charge >= 0.3 is 0 Å². The third-order valence-electron chi connectivity index (χ3n) is 4.42. The summed E-state index contributed by atoms with van der Waals surface area (Å²) in [5, 5.41) is 5.27. The summed E-state index contributed by atoms with van der Waals surface area (Å²) in [5.41, 5.74) is 1.94. The molecule has 20 heavy (non-hydrogen) atoms. The SMILES string of the molecule is CC1CC(NCc2c(Cl)oc3ccccc23)CCN1C. The Kier molecular flexibility index (Phi) is 4.01. The molecule has 2 unspecified atom stereocenters. The van der Waals surface area contributed by atoms with Gasteiger partial charge in [-0.1, -0.05) is 18.2 Å². The zero-order valence-electron chi connectivity index (χ0n) is 12.0. The zero-order chi connectivity index (χ0) is 14.1. The first-order valence-electron chi connectivity index (χ1n) is 7.24. The van der Waals surface area contributed by atoms with Gasteiger partial charge in [-0.2, -0.15) is 0 Å². The Bertz CT molecular complexity index is 595. The number of hydrogen-bond donors (Lipinski definition) is 1. The van der Waals surface area contributed by atoms with E-state index in [1.54, 1.807) is 0 Å². The van der Waals surface area contributed by atoms with Crippen molar-refractivity contribution in [1.29, 1.82) is 0 Å². The van der Waals surface area contributed by atoms with Gasteiger partial charge in [0.15, 0.2) is 5.22 Å². The van der Waals surface area contributed by atoms with E-state index >= 15 is 0 Å². The lowest BCUT2D eigenvalue weighted by molar-refractivity contribution is 0.168. The van der Waals surface area contributed by atoms with Gasteiger partial charge in [-0.05, 0) is 51.0 Å². The molecule has 4 heteroatoms. The average Bonchev–Trinajstić information content (AvgIpc) is 2.76. The van der Waals surface area contributed by atoms with E-state index in [-0.39, 0.29) is 0 Å². The molecule has 1 aromatic carbocycles. The van der Waals surface area contributed by atoms with Crippen LogP contribution in [-0.4, -0.2) is 30.6 Å². The van der Waals surface area contributed by atoms with Gasteiger partial charge in [-0.15, -0.1) is 0 Å². The van der Waals surface area contributed by atoms with Crippen LogP contribution in [0.2, 0.25) is 5.22 Å². The molecule has 1 aliphatic rings. The molecule has 3 rings (SSSR count). The number of piperidine rings is 1. The van der Waals surface area contributed by atoms with Crippen molar-refractivity contribution >= 4 is 22.6 Å². The topological polar surface area (TPSA) is 28.4 Å². The number of benzene rings is 1. The Morgan fingerprint density at radius 2 is 2.20 bits per heavy atom. The van der Waals surface area contributed by atoms with Gasteiger partial charge in [0.2, 0.25) is 0 Å². The number of rotatable bonds is 3. The highest BCUT2D eigenvalue weighted by atomic mass is 35.5. The third kappa shape index (κ3) is 2.71. The smallest absolute Gasteiger partial charge is 0.199 e. The van der Waals surface area contributed by atoms with Crippen LogP contribution in [-0.2, 0) is 6.54 Å². The molecule has 0 aliphatic carbocycles. The first kappa shape index (κ1) is 13.9. The summed E-state index contributed by atoms with van der Waals surface area (Å²) in [7, 11) is 2.20. The predicted molar refractivity (Wildman–Crippen MR) is 83.2 cm³/mol. The van der Waals surface area contributed by atoms with E-state index in [0.717, 1.165) is 29.6 Å². The minimum atomic E-state index is 0.514. The molecule has 108 valence electrons. The van der Waals surface area contributed by atoms with E-state index < -0.39 is 0 Å². The fourth-order valence-corrected chi connectivity index (χ4v) is 3.21. The van der Waals surface area contributed by atoms with Crippen LogP contribution in [0.25, 0.3) is 11.0 Å². The summed E-state index contributed by atoms with van der Waals surface area (Å²) >= 11 is 6.22. The molecule has 0 amide bonds. The lowest BCUT2D eigenvalue weighted by atomic mass is 9.98. The predicted octanol–water partition coefficient (Wildman–Crippen LogP) is 3.66. The number of nitrogens with zero attached hydrogens (tertiary/aromatic N) is 1. The number of likely N-dealkylation sites (tertiary alicyclic amines) is 1. The number of fused-ring (bicyclic) bond motifs is 1. The van der Waals surface area contributed by atoms with Crippen molar-refractivity contribution in [3.05, 3.63) is 35.0 Å². The second kappa shape index (κ2) is 5.76. The van der Waals surface area contributed by atoms with Crippen LogP contribution < -0.4 is 5.32 Å². The molecule has 2 atom stereocenters. The van der Waals surface area contributed by atoms with Crippen LogP contribution in [0.4, 0.5) is 0 Å². The molecule has 1 fully saturated rings. The molecule has 1 saturated heterocycles. The fraction of sp³-hybridized carbons (Fsp3) is 0.500. The first-order chi connectivity index (χ1) is 9.65. The van der Waals surface area contributed by atoms with Gasteiger partial charge in [0.25, 0.3) is 0 Å². The Balaban J connectivity index is 1.70. The molecule has 0 saturated carbocycles. The molecule has 0 radical (unpaired) electrons. The van der Waals surface area contributed by atoms with Crippen LogP contribution in [0.5, 0.6) is 0 Å². The molecule has 2 heterocycles. The quantitative estimate of drug-likeness (QED) is 0.936. The highest BCUT2D eigenvalue weighted by Crippen LogP contribution is 2.29. The van der Waals surface area contributed by atoms with Gasteiger partial charge in [-0.25, -0.2) is 0 Å². The second-order valence-corrected chi connectivity index (χ2v) is 6.13. The van der Waals surface area contributed by atoms with Crippen LogP contribution in [0.3, 0.4) is 0 Å². The van der Waals surface area contributed by atoms with Crippen LogP contribution in [0.15, 0.2) is 28.7 Å². The lowest BCUT2D eigenvalue weighted by Crippen LogP contribution is -2.45. The summed E-state index contributed by atoms with van der Waals surface area (Å²) in [6.45, 7) is 4.21. The molecular formula is C16H21ClN2O. The molecule has 1 N–H and O–H groups in total. The summed E-state index contributed by atoms with van der Waals surface area (Å²) in [6, 6.07) is 9.22. The molecular weight excluding hydrogens is 272 g/mol. The van der Waals surface area contributed by atoms with Crippen molar-refractivity contribution in [3.63, 3.8) is 0 Å². The minimum Gasteiger partial charge on any atom is -0.444 e. The lowest BCUT2D eigenvalue weighted by Gasteiger charge is -2.35. The number of para-hydroxylation sites is 1. The van der Waals surface area contributed by atoms with Crippen LogP contribution >= 0.6 is 11.6 Å². The van der Waals surface area contributed by atoms with Crippen molar-refractivity contribution in [3.8, 4) is 0 Å². The maximum absolute atomic E-state index is 6.22. The van der Waals surface area contributed by atoms with Gasteiger partial charge in [-0.3, -0.25) is 0 Å². The van der Waals surface area contributed by atoms with E-state index in [0.29, 0.717) is 17.3 Å². The molecule has 2 aromatic rings. The van der Waals surface area contributed by atoms with E-state index in [1.165, 1.54) is 12.8 Å². The van der Waals surface area contributed by atoms with Crippen molar-refractivity contribution < 1.29 is 4.42 Å². The van der Waals surface area contributed by atoms with Crippen LogP contribution in [0.1, 0.15) is 25.3 Å². The van der Waals surface area contributed by atoms with E-state index in [9.17, 15) is 0 Å². The summed E-state index contributed by atoms with van der Waals surface area (Å²) in [4.78, 5) is 2.42. The van der Waals surface area contributed by atoms with E-state index in [1.807, 2.05) is 18.2 Å². The first-order valence-corrected chi connectivity index (χ1v) is 7.62. The molecule has 0 bridgehead atoms. The number of halogens is 1. The second-order valence-electron chi connectivity index (χ2n) is 5.78. The monoisotopic (exact) mass is 292 g/mol. The van der Waals surface area contributed by atoms with E-state index in [2.05, 4.69) is 30.3 Å². The highest BCUT2D eigenvalue weighted by molar-refractivity contribution is 6.30. The third-order valence-corrected chi connectivity index (χ3v) is 4.73. The molecule has 1 aromatic heterocycles. The normalized spacial score (nSPS) is 24.4. The number of nitrogens with one attached hydrogen (secondary N) is 1. The van der Waals surface area contributed by atoms with E-state index in [4.69, 9.17) is 16.0 Å². The van der Waals surface area contributed by atoms with Gasteiger partial charge in [0.05, 0.1) is 0 Å². The van der Waals surface area contributed by atoms with Crippen molar-refractivity contribution in [2.24, 2.45) is 0 Å². The summed E-state index contributed by atoms with van der Waals surface area (Å²) in [5.74, 6) is 0. The standard InChI is InChI=1S/C16H21ClN2O/c1-11-9-12(7-8-19(11)2)18-10-14-13-5-3-4-6-15(13)20-16(14)17/h3-6,11-12,18H,7-10H2,1-2H3. The Morgan fingerprint density at radius 3 is 3.00 bits per heavy atom. The minimum absolute atomic E-state index is 0.514. The van der Waals surface area contributed by atoms with Crippen molar-refractivity contribution in [2.75, 3.05) is 13.6 Å². The summed E-state index contributed by atoms with van der Waals surface area (Å²) < 4.78 is 5.59. The number of furan rings is 1.